The summed E-state index contributed by atoms with van der Waals surface area (Å²) in [5, 5.41) is 10.7. The van der Waals surface area contributed by atoms with Crippen LogP contribution in [0.5, 0.6) is 5.75 Å². The summed E-state index contributed by atoms with van der Waals surface area (Å²) in [6, 6.07) is 10.1. The number of nitrogens with zero attached hydrogens (tertiary/aromatic N) is 1. The lowest BCUT2D eigenvalue weighted by Crippen LogP contribution is -2.42. The number of aliphatic hydroxyl groups excluding tert-OH is 1. The average molecular weight is 536 g/mol. The van der Waals surface area contributed by atoms with Crippen LogP contribution in [0.15, 0.2) is 30.3 Å². The first-order valence-corrected chi connectivity index (χ1v) is 15.0. The number of hydrogen-bond donors (Lipinski definition) is 1. The van der Waals surface area contributed by atoms with Gasteiger partial charge in [-0.3, -0.25) is 0 Å². The van der Waals surface area contributed by atoms with Gasteiger partial charge in [-0.1, -0.05) is 18.2 Å². The summed E-state index contributed by atoms with van der Waals surface area (Å²) < 4.78 is 33.9. The molecule has 0 heterocycles. The molecule has 0 aliphatic rings. The molecule has 0 aliphatic heterocycles. The highest BCUT2D eigenvalue weighted by molar-refractivity contribution is 7.99. The van der Waals surface area contributed by atoms with Crippen LogP contribution in [0.4, 0.5) is 0 Å². The van der Waals surface area contributed by atoms with Crippen molar-refractivity contribution < 1.29 is 32.6 Å². The molecule has 1 aromatic rings. The molecule has 0 amide bonds. The van der Waals surface area contributed by atoms with Crippen molar-refractivity contribution in [1.29, 1.82) is 0 Å². The van der Waals surface area contributed by atoms with Gasteiger partial charge in [0.1, 0.15) is 18.5 Å². The number of para-hydroxylation sites is 1. The highest BCUT2D eigenvalue weighted by Crippen LogP contribution is 2.16. The van der Waals surface area contributed by atoms with E-state index < -0.39 is 14.9 Å². The van der Waals surface area contributed by atoms with Gasteiger partial charge in [0.15, 0.2) is 0 Å². The van der Waals surface area contributed by atoms with Crippen LogP contribution in [-0.2, 0) is 22.8 Å². The molecular formula is C23H41NO7S2Si. The van der Waals surface area contributed by atoms with E-state index >= 15 is 0 Å². The van der Waals surface area contributed by atoms with E-state index in [4.69, 9.17) is 39.7 Å². The zero-order chi connectivity index (χ0) is 25.2. The summed E-state index contributed by atoms with van der Waals surface area (Å²) in [5.74, 6) is 1.90. The Labute approximate surface area is 215 Å². The lowest BCUT2D eigenvalue weighted by molar-refractivity contribution is 0.0459. The Kier molecular flexibility index (Phi) is 16.8. The van der Waals surface area contributed by atoms with Gasteiger partial charge in [0.25, 0.3) is 5.17 Å². The van der Waals surface area contributed by atoms with Crippen LogP contribution in [0.1, 0.15) is 20.3 Å². The Morgan fingerprint density at radius 2 is 1.68 bits per heavy atom. The standard InChI is InChI=1S/C23H41NO7S2Si/c1-6-24(7-2)23(32)31-22(17-29-14-11-15-34(26-3,27-4)28-5)19-33-18-20(25)16-30-21-12-9-8-10-13-21/h8-10,12-13,20,22,25H,6-7,11,14-19H2,1-5H3. The summed E-state index contributed by atoms with van der Waals surface area (Å²) in [4.78, 5) is 1.99. The van der Waals surface area contributed by atoms with Crippen molar-refractivity contribution in [3.8, 4) is 5.75 Å². The van der Waals surface area contributed by atoms with Crippen molar-refractivity contribution in [2.24, 2.45) is 0 Å². The van der Waals surface area contributed by atoms with Gasteiger partial charge in [0, 0.05) is 58.6 Å². The molecule has 2 atom stereocenters. The Morgan fingerprint density at radius 3 is 2.26 bits per heavy atom. The maximum atomic E-state index is 10.3. The molecule has 0 saturated carbocycles. The predicted molar refractivity (Wildman–Crippen MR) is 143 cm³/mol. The fraction of sp³-hybridized carbons (Fsp3) is 0.696. The van der Waals surface area contributed by atoms with Crippen LogP contribution in [-0.4, -0.2) is 102 Å². The normalized spacial score (nSPS) is 13.4. The predicted octanol–water partition coefficient (Wildman–Crippen LogP) is 3.46. The zero-order valence-electron chi connectivity index (χ0n) is 21.1. The number of hydrogen-bond acceptors (Lipinski definition) is 9. The first-order valence-electron chi connectivity index (χ1n) is 11.6. The van der Waals surface area contributed by atoms with Gasteiger partial charge < -0.3 is 37.5 Å². The average Bonchev–Trinajstić information content (AvgIpc) is 2.86. The molecule has 0 fully saturated rings. The lowest BCUT2D eigenvalue weighted by atomic mass is 10.3. The van der Waals surface area contributed by atoms with Crippen LogP contribution in [0, 0.1) is 0 Å². The number of benzene rings is 1. The van der Waals surface area contributed by atoms with Gasteiger partial charge in [-0.15, -0.1) is 0 Å². The van der Waals surface area contributed by atoms with E-state index in [1.807, 2.05) is 49.1 Å². The minimum atomic E-state index is -2.59. The molecule has 1 aromatic carbocycles. The van der Waals surface area contributed by atoms with Crippen molar-refractivity contribution in [2.45, 2.75) is 38.5 Å². The fourth-order valence-corrected chi connectivity index (χ4v) is 6.09. The molecule has 196 valence electrons. The second kappa shape index (κ2) is 18.4. The molecule has 0 aromatic heterocycles. The SMILES string of the molecule is CCN(CC)C(=S)OC(COCCC[Si](OC)(OC)OC)CSCC(O)COc1ccccc1. The first kappa shape index (κ1) is 31.1. The Hall–Kier alpha value is -0.923. The monoisotopic (exact) mass is 535 g/mol. The molecule has 1 rings (SSSR count). The molecule has 0 spiro atoms. The van der Waals surface area contributed by atoms with Crippen LogP contribution in [0.2, 0.25) is 6.04 Å². The third-order valence-corrected chi connectivity index (χ3v) is 9.51. The van der Waals surface area contributed by atoms with Crippen LogP contribution >= 0.6 is 24.0 Å². The van der Waals surface area contributed by atoms with Crippen molar-refractivity contribution >= 4 is 38.0 Å². The molecule has 0 bridgehead atoms. The number of ether oxygens (including phenoxy) is 3. The quantitative estimate of drug-likeness (QED) is 0.162. The van der Waals surface area contributed by atoms with E-state index in [-0.39, 0.29) is 12.7 Å². The molecule has 34 heavy (non-hydrogen) atoms. The van der Waals surface area contributed by atoms with Crippen LogP contribution in [0.3, 0.4) is 0 Å². The summed E-state index contributed by atoms with van der Waals surface area (Å²) >= 11 is 7.06. The minimum absolute atomic E-state index is 0.227. The molecule has 0 radical (unpaired) electrons. The largest absolute Gasteiger partial charge is 0.500 e. The van der Waals surface area contributed by atoms with E-state index in [0.29, 0.717) is 35.9 Å². The van der Waals surface area contributed by atoms with Gasteiger partial charge in [-0.05, 0) is 44.6 Å². The smallest absolute Gasteiger partial charge is 0.491 e. The van der Waals surface area contributed by atoms with Gasteiger partial charge in [0.2, 0.25) is 0 Å². The summed E-state index contributed by atoms with van der Waals surface area (Å²) in [7, 11) is 2.22. The maximum Gasteiger partial charge on any atom is 0.500 e. The number of rotatable bonds is 19. The molecule has 0 saturated heterocycles. The van der Waals surface area contributed by atoms with E-state index in [0.717, 1.165) is 25.3 Å². The Balaban J connectivity index is 2.47. The highest BCUT2D eigenvalue weighted by Gasteiger charge is 2.36. The molecule has 11 heteroatoms. The second-order valence-corrected chi connectivity index (χ2v) is 12.0. The van der Waals surface area contributed by atoms with Gasteiger partial charge >= 0.3 is 8.80 Å². The van der Waals surface area contributed by atoms with E-state index in [1.54, 1.807) is 33.1 Å². The Morgan fingerprint density at radius 1 is 1.03 bits per heavy atom. The maximum absolute atomic E-state index is 10.3. The van der Waals surface area contributed by atoms with E-state index in [2.05, 4.69) is 0 Å². The summed E-state index contributed by atoms with van der Waals surface area (Å²) in [6.45, 7) is 6.81. The van der Waals surface area contributed by atoms with Gasteiger partial charge in [-0.25, -0.2) is 0 Å². The number of thioether (sulfide) groups is 1. The fourth-order valence-electron chi connectivity index (χ4n) is 3.07. The van der Waals surface area contributed by atoms with E-state index in [1.165, 1.54) is 0 Å². The van der Waals surface area contributed by atoms with Crippen LogP contribution < -0.4 is 4.74 Å². The van der Waals surface area contributed by atoms with E-state index in [9.17, 15) is 5.11 Å². The molecular weight excluding hydrogens is 494 g/mol. The summed E-state index contributed by atoms with van der Waals surface area (Å²) in [6.07, 6.45) is -0.0659. The third kappa shape index (κ3) is 12.2. The molecule has 8 nitrogen and oxygen atoms in total. The van der Waals surface area contributed by atoms with Crippen LogP contribution in [0.25, 0.3) is 0 Å². The first-order chi connectivity index (χ1) is 16.4. The number of thiocarbonyl (C=S) groups is 1. The highest BCUT2D eigenvalue weighted by atomic mass is 32.2. The molecule has 1 N–H and O–H groups in total. The van der Waals surface area contributed by atoms with Crippen molar-refractivity contribution in [3.63, 3.8) is 0 Å². The Bertz CT molecular complexity index is 643. The van der Waals surface area contributed by atoms with Gasteiger partial charge in [0.05, 0.1) is 12.7 Å². The van der Waals surface area contributed by atoms with Crippen molar-refractivity contribution in [3.05, 3.63) is 30.3 Å². The lowest BCUT2D eigenvalue weighted by Gasteiger charge is -2.27. The van der Waals surface area contributed by atoms with Gasteiger partial charge in [-0.2, -0.15) is 11.8 Å². The van der Waals surface area contributed by atoms with Crippen molar-refractivity contribution in [2.75, 3.05) is 65.7 Å². The molecule has 2 unspecified atom stereocenters. The topological polar surface area (TPSA) is 78.9 Å². The zero-order valence-corrected chi connectivity index (χ0v) is 23.7. The summed E-state index contributed by atoms with van der Waals surface area (Å²) in [5.41, 5.74) is 0. The second-order valence-electron chi connectivity index (χ2n) is 7.47. The number of aliphatic hydroxyl groups is 1. The third-order valence-electron chi connectivity index (χ3n) is 5.10. The van der Waals surface area contributed by atoms with Crippen molar-refractivity contribution in [1.82, 2.24) is 4.90 Å². The molecule has 0 aliphatic carbocycles. The minimum Gasteiger partial charge on any atom is -0.491 e.